The standard InChI is InChI=1S/C42H27NOS2Si/c1-3-13-33-31(11-1)43(32-12-2-4-14-34(32)44-33)30-24-21-28(22-25-30)29-23-26-38-42(27-29)47(41-20-10-7-17-37(41)46-38)39-18-8-5-15-35(39)45-36-16-6-9-19-40(36)47/h1-27H. The van der Waals surface area contributed by atoms with E-state index in [0.717, 1.165) is 28.6 Å². The van der Waals surface area contributed by atoms with Crippen LogP contribution in [0, 0.1) is 0 Å². The molecular formula is C42H27NOS2Si. The van der Waals surface area contributed by atoms with Gasteiger partial charge in [0.2, 0.25) is 0 Å². The van der Waals surface area contributed by atoms with Crippen molar-refractivity contribution in [2.24, 2.45) is 0 Å². The van der Waals surface area contributed by atoms with Gasteiger partial charge in [-0.05, 0) is 92.5 Å². The number of fused-ring (bicyclic) bond motifs is 10. The molecular weight excluding hydrogens is 627 g/mol. The molecule has 222 valence electrons. The summed E-state index contributed by atoms with van der Waals surface area (Å²) in [5, 5.41) is 5.97. The van der Waals surface area contributed by atoms with Crippen molar-refractivity contribution in [3.63, 3.8) is 0 Å². The molecule has 0 atom stereocenters. The van der Waals surface area contributed by atoms with E-state index in [1.54, 1.807) is 0 Å². The summed E-state index contributed by atoms with van der Waals surface area (Å²) >= 11 is 3.84. The third-order valence-electron chi connectivity index (χ3n) is 9.59. The Kier molecular flexibility index (Phi) is 6.10. The first-order valence-electron chi connectivity index (χ1n) is 15.8. The van der Waals surface area contributed by atoms with Crippen molar-refractivity contribution >= 4 is 69.4 Å². The van der Waals surface area contributed by atoms with Crippen LogP contribution in [0.4, 0.5) is 17.1 Å². The van der Waals surface area contributed by atoms with Crippen LogP contribution in [-0.2, 0) is 0 Å². The molecule has 3 heterocycles. The summed E-state index contributed by atoms with van der Waals surface area (Å²) in [6, 6.07) is 60.2. The third kappa shape index (κ3) is 4.00. The number of hydrogen-bond donors (Lipinski definition) is 0. The molecule has 0 saturated heterocycles. The minimum absolute atomic E-state index is 0.865. The van der Waals surface area contributed by atoms with Crippen LogP contribution >= 0.6 is 23.5 Å². The molecule has 0 N–H and O–H groups in total. The Labute approximate surface area is 283 Å². The van der Waals surface area contributed by atoms with Crippen molar-refractivity contribution in [1.82, 2.24) is 0 Å². The first kappa shape index (κ1) is 27.2. The summed E-state index contributed by atoms with van der Waals surface area (Å²) in [7, 11) is -2.60. The molecule has 3 aliphatic rings. The van der Waals surface area contributed by atoms with Gasteiger partial charge in [0.05, 0.1) is 11.4 Å². The minimum atomic E-state index is -2.60. The molecule has 0 aromatic heterocycles. The van der Waals surface area contributed by atoms with Gasteiger partial charge in [0.15, 0.2) is 19.6 Å². The van der Waals surface area contributed by atoms with Gasteiger partial charge in [0.25, 0.3) is 0 Å². The van der Waals surface area contributed by atoms with Crippen LogP contribution in [-0.4, -0.2) is 8.07 Å². The second-order valence-electron chi connectivity index (χ2n) is 12.1. The average molecular weight is 654 g/mol. The Balaban J connectivity index is 1.15. The number of anilines is 3. The van der Waals surface area contributed by atoms with Crippen LogP contribution in [0.2, 0.25) is 0 Å². The lowest BCUT2D eigenvalue weighted by atomic mass is 10.0. The fourth-order valence-electron chi connectivity index (χ4n) is 7.58. The van der Waals surface area contributed by atoms with Gasteiger partial charge >= 0.3 is 0 Å². The van der Waals surface area contributed by atoms with E-state index in [9.17, 15) is 0 Å². The van der Waals surface area contributed by atoms with E-state index in [0.29, 0.717) is 0 Å². The van der Waals surface area contributed by atoms with Crippen molar-refractivity contribution in [2.45, 2.75) is 19.6 Å². The topological polar surface area (TPSA) is 12.5 Å². The number of nitrogens with zero attached hydrogens (tertiary/aromatic N) is 1. The highest BCUT2D eigenvalue weighted by Gasteiger charge is 2.51. The van der Waals surface area contributed by atoms with Gasteiger partial charge in [-0.25, -0.2) is 0 Å². The lowest BCUT2D eigenvalue weighted by Gasteiger charge is -2.43. The molecule has 0 unspecified atom stereocenters. The maximum atomic E-state index is 6.26. The number of para-hydroxylation sites is 4. The molecule has 47 heavy (non-hydrogen) atoms. The van der Waals surface area contributed by atoms with E-state index < -0.39 is 8.07 Å². The molecule has 2 nitrogen and oxygen atoms in total. The molecule has 0 fully saturated rings. The molecule has 0 bridgehead atoms. The van der Waals surface area contributed by atoms with E-state index in [4.69, 9.17) is 4.74 Å². The lowest BCUT2D eigenvalue weighted by Crippen LogP contribution is -2.78. The van der Waals surface area contributed by atoms with Crippen LogP contribution in [0.3, 0.4) is 0 Å². The van der Waals surface area contributed by atoms with Crippen LogP contribution in [0.1, 0.15) is 0 Å². The van der Waals surface area contributed by atoms with E-state index in [1.807, 2.05) is 47.8 Å². The maximum absolute atomic E-state index is 6.26. The highest BCUT2D eigenvalue weighted by Crippen LogP contribution is 2.50. The number of hydrogen-bond acceptors (Lipinski definition) is 4. The zero-order valence-corrected chi connectivity index (χ0v) is 27.9. The SMILES string of the molecule is c1ccc2c(c1)Oc1ccccc1N2c1ccc(-c2ccc3c(c2)[Si]2(c4ccccc4Sc4ccccc42)c2ccccc2S3)cc1. The maximum Gasteiger partial charge on any atom is 0.184 e. The molecule has 0 amide bonds. The van der Waals surface area contributed by atoms with Gasteiger partial charge in [0, 0.05) is 25.3 Å². The first-order valence-corrected chi connectivity index (χ1v) is 19.5. The number of benzene rings is 7. The van der Waals surface area contributed by atoms with Gasteiger partial charge < -0.3 is 9.64 Å². The minimum Gasteiger partial charge on any atom is -0.453 e. The Hall–Kier alpha value is -4.94. The monoisotopic (exact) mass is 653 g/mol. The van der Waals surface area contributed by atoms with Crippen molar-refractivity contribution in [2.75, 3.05) is 4.90 Å². The molecule has 0 aliphatic carbocycles. The van der Waals surface area contributed by atoms with Crippen LogP contribution in [0.5, 0.6) is 11.5 Å². The van der Waals surface area contributed by atoms with E-state index in [2.05, 4.69) is 144 Å². The smallest absolute Gasteiger partial charge is 0.184 e. The fraction of sp³-hybridized carbons (Fsp3) is 0. The molecule has 7 aromatic carbocycles. The zero-order valence-electron chi connectivity index (χ0n) is 25.3. The molecule has 10 rings (SSSR count). The number of rotatable bonds is 2. The Morgan fingerprint density at radius 1 is 0.404 bits per heavy atom. The van der Waals surface area contributed by atoms with E-state index in [-0.39, 0.29) is 0 Å². The number of ether oxygens (including phenoxy) is 1. The predicted molar refractivity (Wildman–Crippen MR) is 198 cm³/mol. The second-order valence-corrected chi connectivity index (χ2v) is 17.9. The Morgan fingerprint density at radius 2 is 0.851 bits per heavy atom. The summed E-state index contributed by atoms with van der Waals surface area (Å²) in [6.07, 6.45) is 0. The predicted octanol–water partition coefficient (Wildman–Crippen LogP) is 9.24. The van der Waals surface area contributed by atoms with Crippen molar-refractivity contribution in [1.29, 1.82) is 0 Å². The van der Waals surface area contributed by atoms with Crippen LogP contribution in [0.25, 0.3) is 11.1 Å². The molecule has 1 spiro atoms. The highest BCUT2D eigenvalue weighted by molar-refractivity contribution is 8.01. The Morgan fingerprint density at radius 3 is 1.40 bits per heavy atom. The molecule has 0 saturated carbocycles. The molecule has 3 aliphatic heterocycles. The third-order valence-corrected chi connectivity index (χ3v) is 17.6. The first-order chi connectivity index (χ1) is 23.3. The van der Waals surface area contributed by atoms with Gasteiger partial charge in [-0.3, -0.25) is 0 Å². The lowest BCUT2D eigenvalue weighted by molar-refractivity contribution is 0.477. The summed E-state index contributed by atoms with van der Waals surface area (Å²) < 4.78 is 6.26. The molecule has 5 heteroatoms. The highest BCUT2D eigenvalue weighted by atomic mass is 32.2. The van der Waals surface area contributed by atoms with Crippen molar-refractivity contribution in [3.05, 3.63) is 164 Å². The summed E-state index contributed by atoms with van der Waals surface area (Å²) in [4.78, 5) is 7.81. The summed E-state index contributed by atoms with van der Waals surface area (Å²) in [5.74, 6) is 1.73. The summed E-state index contributed by atoms with van der Waals surface area (Å²) in [5.41, 5.74) is 5.66. The molecule has 0 radical (unpaired) electrons. The quantitative estimate of drug-likeness (QED) is 0.172. The Bertz CT molecular complexity index is 2220. The van der Waals surface area contributed by atoms with Gasteiger partial charge in [-0.2, -0.15) is 0 Å². The van der Waals surface area contributed by atoms with Crippen molar-refractivity contribution in [3.8, 4) is 22.6 Å². The van der Waals surface area contributed by atoms with Crippen LogP contribution < -0.4 is 30.4 Å². The molecule has 7 aromatic rings. The second kappa shape index (κ2) is 10.5. The van der Waals surface area contributed by atoms with E-state index >= 15 is 0 Å². The summed E-state index contributed by atoms with van der Waals surface area (Å²) in [6.45, 7) is 0. The van der Waals surface area contributed by atoms with Crippen molar-refractivity contribution < 1.29 is 4.74 Å². The largest absolute Gasteiger partial charge is 0.453 e. The normalized spacial score (nSPS) is 14.5. The van der Waals surface area contributed by atoms with Gasteiger partial charge in [0.1, 0.15) is 0 Å². The van der Waals surface area contributed by atoms with Crippen LogP contribution in [0.15, 0.2) is 183 Å². The fourth-order valence-corrected chi connectivity index (χ4v) is 16.7. The zero-order chi connectivity index (χ0) is 31.0. The van der Waals surface area contributed by atoms with Gasteiger partial charge in [-0.1, -0.05) is 127 Å². The van der Waals surface area contributed by atoms with Gasteiger partial charge in [-0.15, -0.1) is 0 Å². The van der Waals surface area contributed by atoms with E-state index in [1.165, 1.54) is 51.5 Å². The average Bonchev–Trinajstić information content (AvgIpc) is 3.14.